The fourth-order valence-electron chi connectivity index (χ4n) is 1.77. The van der Waals surface area contributed by atoms with Crippen molar-refractivity contribution in [1.82, 2.24) is 10.6 Å². The van der Waals surface area contributed by atoms with E-state index in [1.165, 1.54) is 6.07 Å². The Morgan fingerprint density at radius 3 is 2.61 bits per heavy atom. The molecule has 0 aliphatic rings. The lowest BCUT2D eigenvalue weighted by atomic mass is 10.2. The lowest BCUT2D eigenvalue weighted by Crippen LogP contribution is -2.41. The fraction of sp³-hybridized carbons (Fsp3) is 0.286. The fourth-order valence-corrected chi connectivity index (χ4v) is 1.77. The van der Waals surface area contributed by atoms with Crippen molar-refractivity contribution in [3.8, 4) is 0 Å². The topological polar surface area (TPSA) is 160 Å². The largest absolute Gasteiger partial charge is 0.481 e. The molecule has 1 atom stereocenters. The van der Waals surface area contributed by atoms with Crippen LogP contribution >= 0.6 is 0 Å². The second-order valence-electron chi connectivity index (χ2n) is 4.84. The predicted molar refractivity (Wildman–Crippen MR) is 84.1 cm³/mol. The van der Waals surface area contributed by atoms with E-state index in [2.05, 4.69) is 15.6 Å². The summed E-state index contributed by atoms with van der Waals surface area (Å²) >= 11 is 0. The SMILES string of the molecule is CC(CC(=O)O)NC(=O)CNC(=O)c1cccc(N=C(N)N)c1. The molecule has 0 aromatic heterocycles. The Morgan fingerprint density at radius 2 is 2.00 bits per heavy atom. The Bertz CT molecular complexity index is 625. The molecule has 0 saturated heterocycles. The van der Waals surface area contributed by atoms with Crippen LogP contribution in [0.2, 0.25) is 0 Å². The monoisotopic (exact) mass is 321 g/mol. The number of guanidine groups is 1. The minimum absolute atomic E-state index is 0.130. The van der Waals surface area contributed by atoms with Crippen molar-refractivity contribution in [1.29, 1.82) is 0 Å². The average molecular weight is 321 g/mol. The molecule has 2 amide bonds. The van der Waals surface area contributed by atoms with E-state index in [0.29, 0.717) is 11.3 Å². The highest BCUT2D eigenvalue weighted by Gasteiger charge is 2.12. The molecule has 1 aromatic carbocycles. The van der Waals surface area contributed by atoms with Gasteiger partial charge in [0.05, 0.1) is 18.7 Å². The summed E-state index contributed by atoms with van der Waals surface area (Å²) in [5, 5.41) is 13.5. The number of benzene rings is 1. The number of carboxylic acid groups (broad SMARTS) is 1. The van der Waals surface area contributed by atoms with Crippen LogP contribution in [0.3, 0.4) is 0 Å². The van der Waals surface area contributed by atoms with E-state index in [1.54, 1.807) is 25.1 Å². The van der Waals surface area contributed by atoms with Gasteiger partial charge in [-0.15, -0.1) is 0 Å². The molecule has 0 bridgehead atoms. The molecule has 0 radical (unpaired) electrons. The van der Waals surface area contributed by atoms with Gasteiger partial charge in [-0.25, -0.2) is 4.99 Å². The molecule has 0 aliphatic heterocycles. The van der Waals surface area contributed by atoms with Crippen molar-refractivity contribution >= 4 is 29.4 Å². The van der Waals surface area contributed by atoms with E-state index in [-0.39, 0.29) is 18.9 Å². The van der Waals surface area contributed by atoms with Gasteiger partial charge in [0.2, 0.25) is 5.91 Å². The lowest BCUT2D eigenvalue weighted by molar-refractivity contribution is -0.137. The smallest absolute Gasteiger partial charge is 0.305 e. The van der Waals surface area contributed by atoms with E-state index < -0.39 is 23.8 Å². The molecule has 0 fully saturated rings. The van der Waals surface area contributed by atoms with Crippen LogP contribution in [0.5, 0.6) is 0 Å². The molecule has 0 aliphatic carbocycles. The third kappa shape index (κ3) is 6.93. The Morgan fingerprint density at radius 1 is 1.30 bits per heavy atom. The van der Waals surface area contributed by atoms with E-state index in [1.807, 2.05) is 0 Å². The van der Waals surface area contributed by atoms with Gasteiger partial charge >= 0.3 is 5.97 Å². The predicted octanol–water partition coefficient (Wildman–Crippen LogP) is -0.699. The maximum atomic E-state index is 12.0. The quantitative estimate of drug-likeness (QED) is 0.330. The van der Waals surface area contributed by atoms with Gasteiger partial charge in [-0.3, -0.25) is 14.4 Å². The van der Waals surface area contributed by atoms with E-state index >= 15 is 0 Å². The molecular weight excluding hydrogens is 302 g/mol. The van der Waals surface area contributed by atoms with Crippen LogP contribution in [-0.4, -0.2) is 41.4 Å². The van der Waals surface area contributed by atoms with E-state index in [0.717, 1.165) is 0 Å². The number of hydrogen-bond donors (Lipinski definition) is 5. The third-order valence-electron chi connectivity index (χ3n) is 2.66. The molecule has 9 heteroatoms. The summed E-state index contributed by atoms with van der Waals surface area (Å²) < 4.78 is 0. The molecule has 23 heavy (non-hydrogen) atoms. The number of carboxylic acids is 1. The number of carbonyl (C=O) groups excluding carboxylic acids is 2. The molecular formula is C14H19N5O4. The van der Waals surface area contributed by atoms with E-state index in [4.69, 9.17) is 16.6 Å². The van der Waals surface area contributed by atoms with Gasteiger partial charge in [0.1, 0.15) is 0 Å². The van der Waals surface area contributed by atoms with Gasteiger partial charge < -0.3 is 27.2 Å². The molecule has 0 heterocycles. The summed E-state index contributed by atoms with van der Waals surface area (Å²) in [7, 11) is 0. The normalized spacial score (nSPS) is 11.2. The first kappa shape index (κ1) is 18.0. The first-order valence-electron chi connectivity index (χ1n) is 6.77. The zero-order valence-corrected chi connectivity index (χ0v) is 12.6. The van der Waals surface area contributed by atoms with Crippen molar-refractivity contribution in [2.24, 2.45) is 16.5 Å². The molecule has 1 rings (SSSR count). The number of amides is 2. The maximum absolute atomic E-state index is 12.0. The third-order valence-corrected chi connectivity index (χ3v) is 2.66. The number of hydrogen-bond acceptors (Lipinski definition) is 4. The van der Waals surface area contributed by atoms with Crippen LogP contribution in [0.4, 0.5) is 5.69 Å². The number of nitrogens with zero attached hydrogens (tertiary/aromatic N) is 1. The van der Waals surface area contributed by atoms with Crippen LogP contribution in [0.15, 0.2) is 29.3 Å². The van der Waals surface area contributed by atoms with Crippen LogP contribution in [0.25, 0.3) is 0 Å². The molecule has 0 saturated carbocycles. The molecule has 124 valence electrons. The van der Waals surface area contributed by atoms with Crippen molar-refractivity contribution in [3.63, 3.8) is 0 Å². The van der Waals surface area contributed by atoms with Gasteiger partial charge in [0.25, 0.3) is 5.91 Å². The minimum atomic E-state index is -1.02. The summed E-state index contributed by atoms with van der Waals surface area (Å²) in [4.78, 5) is 37.9. The standard InChI is InChI=1S/C14H19N5O4/c1-8(5-12(21)22)18-11(20)7-17-13(23)9-3-2-4-10(6-9)19-14(15)16/h2-4,6,8H,5,7H2,1H3,(H,17,23)(H,18,20)(H,21,22)(H4,15,16,19). The van der Waals surface area contributed by atoms with Gasteiger partial charge in [0, 0.05) is 11.6 Å². The Hall–Kier alpha value is -3.10. The molecule has 9 nitrogen and oxygen atoms in total. The highest BCUT2D eigenvalue weighted by atomic mass is 16.4. The molecule has 1 aromatic rings. The van der Waals surface area contributed by atoms with Crippen LogP contribution in [-0.2, 0) is 9.59 Å². The molecule has 0 spiro atoms. The first-order chi connectivity index (χ1) is 10.8. The zero-order valence-electron chi connectivity index (χ0n) is 12.6. The average Bonchev–Trinajstić information content (AvgIpc) is 2.43. The van der Waals surface area contributed by atoms with Gasteiger partial charge in [-0.2, -0.15) is 0 Å². The molecule has 7 N–H and O–H groups in total. The number of aliphatic carboxylic acids is 1. The minimum Gasteiger partial charge on any atom is -0.481 e. The second-order valence-corrected chi connectivity index (χ2v) is 4.84. The number of rotatable bonds is 7. The van der Waals surface area contributed by atoms with Crippen molar-refractivity contribution in [3.05, 3.63) is 29.8 Å². The first-order valence-corrected chi connectivity index (χ1v) is 6.77. The maximum Gasteiger partial charge on any atom is 0.305 e. The van der Waals surface area contributed by atoms with Crippen LogP contribution in [0, 0.1) is 0 Å². The van der Waals surface area contributed by atoms with Gasteiger partial charge in [-0.05, 0) is 25.1 Å². The van der Waals surface area contributed by atoms with Crippen LogP contribution in [0.1, 0.15) is 23.7 Å². The summed E-state index contributed by atoms with van der Waals surface area (Å²) in [5.74, 6) is -2.10. The summed E-state index contributed by atoms with van der Waals surface area (Å²) in [6, 6.07) is 5.72. The summed E-state index contributed by atoms with van der Waals surface area (Å²) in [6.45, 7) is 1.29. The van der Waals surface area contributed by atoms with Gasteiger partial charge in [0.15, 0.2) is 5.96 Å². The number of nitrogens with one attached hydrogen (secondary N) is 2. The van der Waals surface area contributed by atoms with Gasteiger partial charge in [-0.1, -0.05) is 6.07 Å². The van der Waals surface area contributed by atoms with Crippen molar-refractivity contribution < 1.29 is 19.5 Å². The highest BCUT2D eigenvalue weighted by Crippen LogP contribution is 2.13. The number of nitrogens with two attached hydrogens (primary N) is 2. The van der Waals surface area contributed by atoms with E-state index in [9.17, 15) is 14.4 Å². The highest BCUT2D eigenvalue weighted by molar-refractivity contribution is 5.97. The zero-order chi connectivity index (χ0) is 17.4. The Balaban J connectivity index is 2.55. The summed E-state index contributed by atoms with van der Waals surface area (Å²) in [6.07, 6.45) is -0.194. The Kier molecular flexibility index (Phi) is 6.53. The second kappa shape index (κ2) is 8.37. The van der Waals surface area contributed by atoms with Crippen molar-refractivity contribution in [2.45, 2.75) is 19.4 Å². The van der Waals surface area contributed by atoms with Crippen LogP contribution < -0.4 is 22.1 Å². The Labute approximate surface area is 132 Å². The lowest BCUT2D eigenvalue weighted by Gasteiger charge is -2.12. The van der Waals surface area contributed by atoms with Crippen molar-refractivity contribution in [2.75, 3.05) is 6.54 Å². The number of aliphatic imine (C=N–C) groups is 1. The summed E-state index contributed by atoms with van der Waals surface area (Å²) in [5.41, 5.74) is 11.2. The number of carbonyl (C=O) groups is 3. The molecule has 1 unspecified atom stereocenters.